The van der Waals surface area contributed by atoms with Crippen molar-refractivity contribution in [3.63, 3.8) is 0 Å². The molecule has 0 aliphatic heterocycles. The lowest BCUT2D eigenvalue weighted by molar-refractivity contribution is -0.119. The monoisotopic (exact) mass is 389 g/mol. The van der Waals surface area contributed by atoms with Gasteiger partial charge in [0.05, 0.1) is 11.9 Å². The van der Waals surface area contributed by atoms with Crippen LogP contribution in [0.2, 0.25) is 0 Å². The third-order valence-corrected chi connectivity index (χ3v) is 5.29. The predicted octanol–water partition coefficient (Wildman–Crippen LogP) is 3.60. The number of nitrogens with one attached hydrogen (secondary N) is 1. The van der Waals surface area contributed by atoms with E-state index in [1.54, 1.807) is 24.6 Å². The molecule has 0 spiro atoms. The molecule has 3 aromatic heterocycles. The highest BCUT2D eigenvalue weighted by Gasteiger charge is 2.20. The number of fused-ring (bicyclic) bond motifs is 1. The summed E-state index contributed by atoms with van der Waals surface area (Å²) in [5.41, 5.74) is 2.86. The number of likely N-dealkylation sites (N-methyl/N-ethyl adjacent to an activating group) is 2. The molecular formula is C21H19N5OS. The summed E-state index contributed by atoms with van der Waals surface area (Å²) in [6.07, 6.45) is 1.72. The van der Waals surface area contributed by atoms with E-state index in [2.05, 4.69) is 27.8 Å². The fraction of sp³-hybridized carbons (Fsp3) is 0.143. The molecule has 0 saturated carbocycles. The maximum atomic E-state index is 12.0. The molecule has 0 atom stereocenters. The van der Waals surface area contributed by atoms with E-state index in [4.69, 9.17) is 9.97 Å². The van der Waals surface area contributed by atoms with Gasteiger partial charge in [0.25, 0.3) is 0 Å². The minimum absolute atomic E-state index is 0.0786. The van der Waals surface area contributed by atoms with Crippen LogP contribution in [0.4, 0.5) is 5.82 Å². The summed E-state index contributed by atoms with van der Waals surface area (Å²) >= 11 is 1.57. The number of nitrogens with zero attached hydrogens (tertiary/aromatic N) is 4. The summed E-state index contributed by atoms with van der Waals surface area (Å²) in [5.74, 6) is 1.19. The zero-order valence-corrected chi connectivity index (χ0v) is 16.4. The Balaban J connectivity index is 1.92. The first-order valence-electron chi connectivity index (χ1n) is 8.85. The number of aromatic nitrogens is 3. The van der Waals surface area contributed by atoms with Crippen molar-refractivity contribution in [1.29, 1.82) is 0 Å². The molecule has 4 aromatic rings. The van der Waals surface area contributed by atoms with Crippen LogP contribution < -0.4 is 10.2 Å². The van der Waals surface area contributed by atoms with E-state index in [1.807, 2.05) is 48.3 Å². The molecule has 0 radical (unpaired) electrons. The van der Waals surface area contributed by atoms with Gasteiger partial charge in [-0.05, 0) is 17.7 Å². The SMILES string of the molecule is CNC(=O)CN(C)c1nc(-c2ccccn2)nc2scc(-c3ccccc3)c12. The largest absolute Gasteiger partial charge is 0.358 e. The molecule has 1 amide bonds. The van der Waals surface area contributed by atoms with Gasteiger partial charge in [-0.3, -0.25) is 9.78 Å². The minimum Gasteiger partial charge on any atom is -0.358 e. The number of thiophene rings is 1. The summed E-state index contributed by atoms with van der Waals surface area (Å²) in [6.45, 7) is 0.203. The highest BCUT2D eigenvalue weighted by atomic mass is 32.1. The highest BCUT2D eigenvalue weighted by Crippen LogP contribution is 2.38. The smallest absolute Gasteiger partial charge is 0.239 e. The molecule has 3 heterocycles. The van der Waals surface area contributed by atoms with E-state index in [1.165, 1.54) is 0 Å². The fourth-order valence-electron chi connectivity index (χ4n) is 3.01. The second-order valence-electron chi connectivity index (χ2n) is 6.31. The summed E-state index contributed by atoms with van der Waals surface area (Å²) < 4.78 is 0. The summed E-state index contributed by atoms with van der Waals surface area (Å²) in [7, 11) is 3.50. The molecule has 0 unspecified atom stereocenters. The molecule has 7 heteroatoms. The zero-order chi connectivity index (χ0) is 19.5. The van der Waals surface area contributed by atoms with E-state index in [-0.39, 0.29) is 12.5 Å². The third-order valence-electron chi connectivity index (χ3n) is 4.41. The Labute approximate surface area is 166 Å². The van der Waals surface area contributed by atoms with Gasteiger partial charge >= 0.3 is 0 Å². The molecule has 6 nitrogen and oxygen atoms in total. The summed E-state index contributed by atoms with van der Waals surface area (Å²) in [4.78, 5) is 28.6. The van der Waals surface area contributed by atoms with Crippen LogP contribution in [0.15, 0.2) is 60.1 Å². The van der Waals surface area contributed by atoms with Crippen LogP contribution >= 0.6 is 11.3 Å². The molecule has 0 saturated heterocycles. The number of carbonyl (C=O) groups excluding carboxylic acids is 1. The zero-order valence-electron chi connectivity index (χ0n) is 15.6. The van der Waals surface area contributed by atoms with Crippen molar-refractivity contribution in [2.75, 3.05) is 25.5 Å². The molecule has 0 bridgehead atoms. The number of pyridine rings is 1. The molecule has 28 heavy (non-hydrogen) atoms. The van der Waals surface area contributed by atoms with E-state index < -0.39 is 0 Å². The second kappa shape index (κ2) is 7.74. The highest BCUT2D eigenvalue weighted by molar-refractivity contribution is 7.17. The number of benzene rings is 1. The van der Waals surface area contributed by atoms with E-state index in [0.717, 1.165) is 21.3 Å². The Kier molecular flexibility index (Phi) is 4.99. The van der Waals surface area contributed by atoms with Crippen LogP contribution in [0, 0.1) is 0 Å². The minimum atomic E-state index is -0.0786. The van der Waals surface area contributed by atoms with Crippen molar-refractivity contribution >= 4 is 33.3 Å². The fourth-order valence-corrected chi connectivity index (χ4v) is 3.95. The number of hydrogen-bond acceptors (Lipinski definition) is 6. The Bertz CT molecular complexity index is 1110. The van der Waals surface area contributed by atoms with E-state index >= 15 is 0 Å². The van der Waals surface area contributed by atoms with Gasteiger partial charge in [-0.2, -0.15) is 0 Å². The van der Waals surface area contributed by atoms with E-state index in [0.29, 0.717) is 17.3 Å². The normalized spacial score (nSPS) is 10.8. The number of carbonyl (C=O) groups is 1. The molecule has 1 N–H and O–H groups in total. The van der Waals surface area contributed by atoms with Gasteiger partial charge in [0.2, 0.25) is 5.91 Å². The summed E-state index contributed by atoms with van der Waals surface area (Å²) in [5, 5.41) is 5.70. The van der Waals surface area contributed by atoms with Crippen LogP contribution in [0.3, 0.4) is 0 Å². The second-order valence-corrected chi connectivity index (χ2v) is 7.17. The van der Waals surface area contributed by atoms with Gasteiger partial charge < -0.3 is 10.2 Å². The number of anilines is 1. The molecule has 0 aliphatic rings. The Morgan fingerprint density at radius 3 is 2.61 bits per heavy atom. The van der Waals surface area contributed by atoms with Gasteiger partial charge in [0.15, 0.2) is 5.82 Å². The predicted molar refractivity (Wildman–Crippen MR) is 113 cm³/mol. The lowest BCUT2D eigenvalue weighted by Crippen LogP contribution is -2.33. The Morgan fingerprint density at radius 2 is 1.89 bits per heavy atom. The first-order valence-corrected chi connectivity index (χ1v) is 9.73. The topological polar surface area (TPSA) is 71.0 Å². The van der Waals surface area contributed by atoms with Crippen LogP contribution in [0.1, 0.15) is 0 Å². The van der Waals surface area contributed by atoms with Crippen LogP contribution in [0.5, 0.6) is 0 Å². The molecule has 4 rings (SSSR count). The van der Waals surface area contributed by atoms with Crippen molar-refractivity contribution in [2.45, 2.75) is 0 Å². The number of hydrogen-bond donors (Lipinski definition) is 1. The van der Waals surface area contributed by atoms with Crippen LogP contribution in [-0.4, -0.2) is 41.5 Å². The third kappa shape index (κ3) is 3.44. The summed E-state index contributed by atoms with van der Waals surface area (Å²) in [6, 6.07) is 15.8. The average molecular weight is 389 g/mol. The van der Waals surface area contributed by atoms with Gasteiger partial charge in [-0.15, -0.1) is 11.3 Å². The van der Waals surface area contributed by atoms with Crippen molar-refractivity contribution in [2.24, 2.45) is 0 Å². The molecular weight excluding hydrogens is 370 g/mol. The van der Waals surface area contributed by atoms with Crippen LogP contribution in [0.25, 0.3) is 32.9 Å². The molecule has 140 valence electrons. The number of rotatable bonds is 5. The van der Waals surface area contributed by atoms with Gasteiger partial charge in [-0.25, -0.2) is 9.97 Å². The standard InChI is InChI=1S/C21H19N5OS/c1-22-17(27)12-26(2)20-18-15(14-8-4-3-5-9-14)13-28-21(18)25-19(24-20)16-10-6-7-11-23-16/h3-11,13H,12H2,1-2H3,(H,22,27). The van der Waals surface area contributed by atoms with Gasteiger partial charge in [0, 0.05) is 31.2 Å². The van der Waals surface area contributed by atoms with Crippen molar-refractivity contribution in [3.8, 4) is 22.6 Å². The lowest BCUT2D eigenvalue weighted by Gasteiger charge is -2.19. The maximum absolute atomic E-state index is 12.0. The van der Waals surface area contributed by atoms with Gasteiger partial charge in [0.1, 0.15) is 16.3 Å². The van der Waals surface area contributed by atoms with Crippen molar-refractivity contribution < 1.29 is 4.79 Å². The average Bonchev–Trinajstić information content (AvgIpc) is 3.18. The first-order chi connectivity index (χ1) is 13.7. The van der Waals surface area contributed by atoms with Gasteiger partial charge in [-0.1, -0.05) is 36.4 Å². The van der Waals surface area contributed by atoms with Crippen molar-refractivity contribution in [1.82, 2.24) is 20.3 Å². The van der Waals surface area contributed by atoms with Crippen molar-refractivity contribution in [3.05, 3.63) is 60.1 Å². The molecule has 0 aliphatic carbocycles. The lowest BCUT2D eigenvalue weighted by atomic mass is 10.1. The Morgan fingerprint density at radius 1 is 1.11 bits per heavy atom. The van der Waals surface area contributed by atoms with Crippen LogP contribution in [-0.2, 0) is 4.79 Å². The Hall–Kier alpha value is -3.32. The molecule has 0 fully saturated rings. The quantitative estimate of drug-likeness (QED) is 0.565. The number of amides is 1. The first kappa shape index (κ1) is 18.1. The maximum Gasteiger partial charge on any atom is 0.239 e. The van der Waals surface area contributed by atoms with E-state index in [9.17, 15) is 4.79 Å². The molecule has 1 aromatic carbocycles.